The number of carbonyl (C=O) groups excluding carboxylic acids is 2. The van der Waals surface area contributed by atoms with Crippen molar-refractivity contribution in [2.75, 3.05) is 6.54 Å². The van der Waals surface area contributed by atoms with Crippen LogP contribution in [0.1, 0.15) is 15.9 Å². The van der Waals surface area contributed by atoms with Crippen molar-refractivity contribution in [3.63, 3.8) is 0 Å². The highest BCUT2D eigenvalue weighted by atomic mass is 35.5. The van der Waals surface area contributed by atoms with Crippen molar-refractivity contribution >= 4 is 35.1 Å². The molecule has 0 atom stereocenters. The number of benzene rings is 2. The minimum atomic E-state index is -0.551. The summed E-state index contributed by atoms with van der Waals surface area (Å²) >= 11 is 11.8. The molecule has 1 amide bonds. The maximum atomic E-state index is 12.1. The molecule has 27 heavy (non-hydrogen) atoms. The van der Waals surface area contributed by atoms with Crippen LogP contribution in [0, 0.1) is 0 Å². The molecule has 0 aliphatic carbocycles. The molecule has 0 fully saturated rings. The van der Waals surface area contributed by atoms with Gasteiger partial charge in [0.25, 0.3) is 5.91 Å². The molecule has 0 saturated heterocycles. The van der Waals surface area contributed by atoms with Crippen LogP contribution in [-0.4, -0.2) is 28.2 Å². The zero-order chi connectivity index (χ0) is 19.2. The van der Waals surface area contributed by atoms with Crippen LogP contribution >= 0.6 is 23.2 Å². The largest absolute Gasteiger partial charge is 0.460 e. The van der Waals surface area contributed by atoms with Gasteiger partial charge in [-0.1, -0.05) is 35.3 Å². The summed E-state index contributed by atoms with van der Waals surface area (Å²) in [6, 6.07) is 13.8. The molecule has 138 valence electrons. The number of aromatic nitrogens is 2. The van der Waals surface area contributed by atoms with Crippen LogP contribution in [-0.2, 0) is 16.1 Å². The Kier molecular flexibility index (Phi) is 6.11. The number of carbonyl (C=O) groups is 2. The first-order valence-electron chi connectivity index (χ1n) is 8.01. The lowest BCUT2D eigenvalue weighted by Crippen LogP contribution is -2.30. The van der Waals surface area contributed by atoms with Crippen molar-refractivity contribution in [1.82, 2.24) is 15.1 Å². The number of ether oxygens (including phenoxy) is 1. The molecule has 2 aromatic carbocycles. The van der Waals surface area contributed by atoms with Crippen LogP contribution in [0.4, 0.5) is 0 Å². The lowest BCUT2D eigenvalue weighted by atomic mass is 10.2. The van der Waals surface area contributed by atoms with Gasteiger partial charge in [0, 0.05) is 17.4 Å². The number of esters is 1. The minimum absolute atomic E-state index is 0.107. The second kappa shape index (κ2) is 8.70. The predicted octanol–water partition coefficient (Wildman–Crippen LogP) is 3.65. The fourth-order valence-electron chi connectivity index (χ4n) is 2.30. The van der Waals surface area contributed by atoms with Crippen molar-refractivity contribution in [3.8, 4) is 5.69 Å². The third-order valence-electron chi connectivity index (χ3n) is 3.67. The van der Waals surface area contributed by atoms with E-state index < -0.39 is 11.9 Å². The number of nitrogens with zero attached hydrogens (tertiary/aromatic N) is 2. The smallest absolute Gasteiger partial charge is 0.325 e. The third-order valence-corrected chi connectivity index (χ3v) is 4.22. The number of hydrogen-bond acceptors (Lipinski definition) is 4. The van der Waals surface area contributed by atoms with E-state index in [1.54, 1.807) is 16.9 Å². The molecular formula is C19H15Cl2N3O3. The van der Waals surface area contributed by atoms with Gasteiger partial charge in [-0.25, -0.2) is 4.68 Å². The van der Waals surface area contributed by atoms with E-state index in [4.69, 9.17) is 27.9 Å². The average Bonchev–Trinajstić information content (AvgIpc) is 3.19. The van der Waals surface area contributed by atoms with E-state index in [1.165, 1.54) is 12.1 Å². The minimum Gasteiger partial charge on any atom is -0.460 e. The summed E-state index contributed by atoms with van der Waals surface area (Å²) in [4.78, 5) is 23.9. The molecule has 0 aliphatic heterocycles. The normalized spacial score (nSPS) is 10.4. The van der Waals surface area contributed by atoms with Crippen LogP contribution < -0.4 is 5.32 Å². The Morgan fingerprint density at radius 1 is 1.11 bits per heavy atom. The molecule has 1 heterocycles. The Balaban J connectivity index is 1.47. The van der Waals surface area contributed by atoms with Gasteiger partial charge < -0.3 is 10.1 Å². The van der Waals surface area contributed by atoms with Gasteiger partial charge in [0.1, 0.15) is 13.2 Å². The van der Waals surface area contributed by atoms with Crippen LogP contribution in [0.15, 0.2) is 60.9 Å². The maximum absolute atomic E-state index is 12.1. The second-order valence-corrected chi connectivity index (χ2v) is 6.43. The highest BCUT2D eigenvalue weighted by Crippen LogP contribution is 2.20. The second-order valence-electron chi connectivity index (χ2n) is 5.58. The molecule has 0 radical (unpaired) electrons. The molecule has 8 heteroatoms. The van der Waals surface area contributed by atoms with Crippen LogP contribution in [0.2, 0.25) is 10.0 Å². The lowest BCUT2D eigenvalue weighted by molar-refractivity contribution is -0.143. The van der Waals surface area contributed by atoms with Crippen LogP contribution in [0.5, 0.6) is 0 Å². The first-order valence-corrected chi connectivity index (χ1v) is 8.76. The zero-order valence-electron chi connectivity index (χ0n) is 14.1. The monoisotopic (exact) mass is 403 g/mol. The van der Waals surface area contributed by atoms with Crippen molar-refractivity contribution in [3.05, 3.63) is 82.1 Å². The van der Waals surface area contributed by atoms with Crippen molar-refractivity contribution < 1.29 is 14.3 Å². The lowest BCUT2D eigenvalue weighted by Gasteiger charge is -2.08. The number of halogens is 2. The number of nitrogens with one attached hydrogen (secondary N) is 1. The van der Waals surface area contributed by atoms with E-state index in [1.807, 2.05) is 36.5 Å². The Morgan fingerprint density at radius 2 is 1.89 bits per heavy atom. The van der Waals surface area contributed by atoms with Gasteiger partial charge in [-0.05, 0) is 42.0 Å². The van der Waals surface area contributed by atoms with Gasteiger partial charge in [0.15, 0.2) is 0 Å². The number of amides is 1. The molecule has 0 saturated carbocycles. The summed E-state index contributed by atoms with van der Waals surface area (Å²) in [6.07, 6.45) is 3.53. The van der Waals surface area contributed by atoms with E-state index in [0.29, 0.717) is 5.02 Å². The first-order chi connectivity index (χ1) is 13.0. The van der Waals surface area contributed by atoms with E-state index in [2.05, 4.69) is 10.4 Å². The molecule has 1 aromatic heterocycles. The fraction of sp³-hybridized carbons (Fsp3) is 0.105. The Hall–Kier alpha value is -2.83. The highest BCUT2D eigenvalue weighted by Gasteiger charge is 2.12. The number of rotatable bonds is 6. The molecule has 0 unspecified atom stereocenters. The molecule has 0 spiro atoms. The summed E-state index contributed by atoms with van der Waals surface area (Å²) in [5, 5.41) is 7.25. The standard InChI is InChI=1S/C19H15Cl2N3O3/c20-14-4-7-16(17(21)10-14)19(26)22-11-18(25)27-12-13-2-5-15(6-3-13)24-9-1-8-23-24/h1-10H,11-12H2,(H,22,26). The fourth-order valence-corrected chi connectivity index (χ4v) is 2.80. The predicted molar refractivity (Wildman–Crippen MR) is 102 cm³/mol. The summed E-state index contributed by atoms with van der Waals surface area (Å²) in [6.45, 7) is -0.154. The van der Waals surface area contributed by atoms with E-state index >= 15 is 0 Å². The Morgan fingerprint density at radius 3 is 2.56 bits per heavy atom. The molecule has 3 rings (SSSR count). The SMILES string of the molecule is O=C(CNC(=O)c1ccc(Cl)cc1Cl)OCc1ccc(-n2cccn2)cc1. The highest BCUT2D eigenvalue weighted by molar-refractivity contribution is 6.36. The van der Waals surface area contributed by atoms with Crippen molar-refractivity contribution in [2.24, 2.45) is 0 Å². The molecule has 0 bridgehead atoms. The third kappa shape index (κ3) is 5.09. The van der Waals surface area contributed by atoms with Crippen LogP contribution in [0.3, 0.4) is 0 Å². The van der Waals surface area contributed by atoms with Crippen molar-refractivity contribution in [2.45, 2.75) is 6.61 Å². The quantitative estimate of drug-likeness (QED) is 0.637. The molecular weight excluding hydrogens is 389 g/mol. The maximum Gasteiger partial charge on any atom is 0.325 e. The number of hydrogen-bond donors (Lipinski definition) is 1. The topological polar surface area (TPSA) is 73.2 Å². The summed E-state index contributed by atoms with van der Waals surface area (Å²) in [5.74, 6) is -1.03. The molecule has 6 nitrogen and oxygen atoms in total. The van der Waals surface area contributed by atoms with Gasteiger partial charge in [-0.2, -0.15) is 5.10 Å². The summed E-state index contributed by atoms with van der Waals surface area (Å²) < 4.78 is 6.89. The Labute approximate surface area is 165 Å². The average molecular weight is 404 g/mol. The van der Waals surface area contributed by atoms with Gasteiger partial charge in [-0.15, -0.1) is 0 Å². The first kappa shape index (κ1) is 18.9. The molecule has 0 aliphatic rings. The summed E-state index contributed by atoms with van der Waals surface area (Å²) in [7, 11) is 0. The van der Waals surface area contributed by atoms with Gasteiger partial charge >= 0.3 is 5.97 Å². The molecule has 1 N–H and O–H groups in total. The van der Waals surface area contributed by atoms with E-state index in [9.17, 15) is 9.59 Å². The van der Waals surface area contributed by atoms with Gasteiger partial charge in [0.2, 0.25) is 0 Å². The zero-order valence-corrected chi connectivity index (χ0v) is 15.6. The Bertz CT molecular complexity index is 941. The van der Waals surface area contributed by atoms with Gasteiger partial charge in [0.05, 0.1) is 16.3 Å². The van der Waals surface area contributed by atoms with Crippen molar-refractivity contribution in [1.29, 1.82) is 0 Å². The molecule has 3 aromatic rings. The van der Waals surface area contributed by atoms with E-state index in [-0.39, 0.29) is 23.7 Å². The van der Waals surface area contributed by atoms with Gasteiger partial charge in [-0.3, -0.25) is 9.59 Å². The van der Waals surface area contributed by atoms with Crippen LogP contribution in [0.25, 0.3) is 5.69 Å². The van der Waals surface area contributed by atoms with E-state index in [0.717, 1.165) is 11.3 Å². The summed E-state index contributed by atoms with van der Waals surface area (Å²) in [5.41, 5.74) is 1.97.